The van der Waals surface area contributed by atoms with E-state index in [9.17, 15) is 13.6 Å². The first kappa shape index (κ1) is 14.0. The van der Waals surface area contributed by atoms with Crippen LogP contribution in [-0.2, 0) is 0 Å². The molecule has 23 heavy (non-hydrogen) atoms. The summed E-state index contributed by atoms with van der Waals surface area (Å²) in [6, 6.07) is 10.3. The van der Waals surface area contributed by atoms with Crippen molar-refractivity contribution in [1.29, 1.82) is 0 Å². The van der Waals surface area contributed by atoms with Crippen LogP contribution < -0.4 is 15.0 Å². The molecule has 4 nitrogen and oxygen atoms in total. The van der Waals surface area contributed by atoms with E-state index < -0.39 is 23.4 Å². The van der Waals surface area contributed by atoms with Crippen LogP contribution in [0.5, 0.6) is 5.75 Å². The number of para-hydroxylation sites is 1. The van der Waals surface area contributed by atoms with Crippen molar-refractivity contribution >= 4 is 11.7 Å². The fourth-order valence-electron chi connectivity index (χ4n) is 3.34. The number of urea groups is 1. The fraction of sp³-hybridized carbons (Fsp3) is 0.235. The second-order valence-electron chi connectivity index (χ2n) is 5.95. The molecular weight excluding hydrogens is 302 g/mol. The zero-order chi connectivity index (χ0) is 16.2. The molecule has 118 valence electrons. The summed E-state index contributed by atoms with van der Waals surface area (Å²) in [5.74, 6) is -1.28. The Kier molecular flexibility index (Phi) is 2.85. The topological polar surface area (TPSA) is 41.6 Å². The second-order valence-corrected chi connectivity index (χ2v) is 5.95. The molecule has 2 aliphatic rings. The van der Waals surface area contributed by atoms with Crippen LogP contribution >= 0.6 is 0 Å². The average Bonchev–Trinajstić information content (AvgIpc) is 2.50. The van der Waals surface area contributed by atoms with E-state index in [-0.39, 0.29) is 11.7 Å². The summed E-state index contributed by atoms with van der Waals surface area (Å²) in [5, 5.41) is 2.90. The number of carbonyl (C=O) groups is 1. The number of ether oxygens (including phenoxy) is 1. The van der Waals surface area contributed by atoms with Gasteiger partial charge in [-0.15, -0.1) is 0 Å². The van der Waals surface area contributed by atoms with Gasteiger partial charge in [-0.05, 0) is 25.1 Å². The van der Waals surface area contributed by atoms with Gasteiger partial charge in [0.1, 0.15) is 5.75 Å². The molecule has 0 saturated carbocycles. The zero-order valence-electron chi connectivity index (χ0n) is 12.3. The van der Waals surface area contributed by atoms with Crippen LogP contribution in [0.2, 0.25) is 0 Å². The summed E-state index contributed by atoms with van der Waals surface area (Å²) in [4.78, 5) is 13.9. The number of halogens is 2. The lowest BCUT2D eigenvalue weighted by Gasteiger charge is -2.50. The van der Waals surface area contributed by atoms with Crippen molar-refractivity contribution in [2.45, 2.75) is 25.1 Å². The maximum absolute atomic E-state index is 13.6. The van der Waals surface area contributed by atoms with Gasteiger partial charge in [-0.1, -0.05) is 18.2 Å². The lowest BCUT2D eigenvalue weighted by Crippen LogP contribution is -2.65. The molecule has 1 saturated heterocycles. The SMILES string of the molecule is CC12CC(NC(=O)N1c1ccc(F)c(F)c1)c1ccccc1O2. The molecule has 2 atom stereocenters. The van der Waals surface area contributed by atoms with E-state index >= 15 is 0 Å². The van der Waals surface area contributed by atoms with Crippen LogP contribution in [0, 0.1) is 11.6 Å². The Hall–Kier alpha value is -2.63. The lowest BCUT2D eigenvalue weighted by atomic mass is 9.90. The minimum Gasteiger partial charge on any atom is -0.467 e. The van der Waals surface area contributed by atoms with Gasteiger partial charge in [0.15, 0.2) is 17.4 Å². The predicted molar refractivity (Wildman–Crippen MR) is 80.2 cm³/mol. The van der Waals surface area contributed by atoms with Crippen LogP contribution in [-0.4, -0.2) is 11.8 Å². The van der Waals surface area contributed by atoms with Gasteiger partial charge < -0.3 is 10.1 Å². The van der Waals surface area contributed by atoms with Crippen molar-refractivity contribution in [2.24, 2.45) is 0 Å². The number of anilines is 1. The molecule has 1 N–H and O–H groups in total. The molecular formula is C17H14F2N2O2. The third-order valence-electron chi connectivity index (χ3n) is 4.34. The van der Waals surface area contributed by atoms with Gasteiger partial charge in [0.05, 0.1) is 11.7 Å². The Morgan fingerprint density at radius 2 is 2.00 bits per heavy atom. The highest BCUT2D eigenvalue weighted by molar-refractivity contribution is 5.94. The maximum Gasteiger partial charge on any atom is 0.325 e. The number of fused-ring (bicyclic) bond motifs is 4. The van der Waals surface area contributed by atoms with Crippen LogP contribution in [0.25, 0.3) is 0 Å². The molecule has 0 radical (unpaired) electrons. The van der Waals surface area contributed by atoms with Gasteiger partial charge in [0, 0.05) is 18.1 Å². The van der Waals surface area contributed by atoms with Crippen LogP contribution in [0.4, 0.5) is 19.3 Å². The number of nitrogens with zero attached hydrogens (tertiary/aromatic N) is 1. The Morgan fingerprint density at radius 3 is 2.78 bits per heavy atom. The minimum absolute atomic E-state index is 0.168. The summed E-state index contributed by atoms with van der Waals surface area (Å²) in [7, 11) is 0. The first-order chi connectivity index (χ1) is 11.0. The van der Waals surface area contributed by atoms with Gasteiger partial charge >= 0.3 is 6.03 Å². The van der Waals surface area contributed by atoms with Crippen molar-refractivity contribution in [3.05, 3.63) is 59.7 Å². The average molecular weight is 316 g/mol. The summed E-state index contributed by atoms with van der Waals surface area (Å²) in [5.41, 5.74) is 0.205. The number of nitrogens with one attached hydrogen (secondary N) is 1. The Morgan fingerprint density at radius 1 is 1.22 bits per heavy atom. The zero-order valence-corrected chi connectivity index (χ0v) is 12.3. The van der Waals surface area contributed by atoms with Crippen molar-refractivity contribution < 1.29 is 18.3 Å². The number of hydrogen-bond acceptors (Lipinski definition) is 2. The van der Waals surface area contributed by atoms with Crippen molar-refractivity contribution in [2.75, 3.05) is 4.90 Å². The third kappa shape index (κ3) is 2.05. The molecule has 2 aromatic carbocycles. The molecule has 2 bridgehead atoms. The summed E-state index contributed by atoms with van der Waals surface area (Å²) in [6.45, 7) is 1.77. The van der Waals surface area contributed by atoms with Crippen molar-refractivity contribution in [3.63, 3.8) is 0 Å². The smallest absolute Gasteiger partial charge is 0.325 e. The monoisotopic (exact) mass is 316 g/mol. The first-order valence-corrected chi connectivity index (χ1v) is 7.32. The third-order valence-corrected chi connectivity index (χ3v) is 4.34. The molecule has 2 amide bonds. The van der Waals surface area contributed by atoms with E-state index in [1.165, 1.54) is 11.0 Å². The summed E-state index contributed by atoms with van der Waals surface area (Å²) in [6.07, 6.45) is 0.509. The van der Waals surface area contributed by atoms with Crippen molar-refractivity contribution in [3.8, 4) is 5.75 Å². The van der Waals surface area contributed by atoms with Gasteiger partial charge in [-0.3, -0.25) is 4.90 Å². The van der Waals surface area contributed by atoms with Gasteiger partial charge in [-0.25, -0.2) is 13.6 Å². The van der Waals surface area contributed by atoms with E-state index in [2.05, 4.69) is 5.32 Å². The quantitative estimate of drug-likeness (QED) is 0.871. The number of benzene rings is 2. The van der Waals surface area contributed by atoms with E-state index in [0.717, 1.165) is 17.7 Å². The predicted octanol–water partition coefficient (Wildman–Crippen LogP) is 3.73. The second kappa shape index (κ2) is 4.68. The maximum atomic E-state index is 13.6. The summed E-state index contributed by atoms with van der Waals surface area (Å²) < 4.78 is 32.8. The van der Waals surface area contributed by atoms with Crippen LogP contribution in [0.3, 0.4) is 0 Å². The molecule has 2 aliphatic heterocycles. The Balaban J connectivity index is 1.81. The molecule has 0 aliphatic carbocycles. The van der Waals surface area contributed by atoms with Gasteiger partial charge in [-0.2, -0.15) is 0 Å². The molecule has 4 rings (SSSR count). The number of rotatable bonds is 1. The molecule has 2 aromatic rings. The highest BCUT2D eigenvalue weighted by atomic mass is 19.2. The molecule has 0 spiro atoms. The van der Waals surface area contributed by atoms with E-state index in [1.54, 1.807) is 6.92 Å². The normalized spacial score (nSPS) is 25.4. The highest BCUT2D eigenvalue weighted by Gasteiger charge is 2.49. The summed E-state index contributed by atoms with van der Waals surface area (Å²) >= 11 is 0. The largest absolute Gasteiger partial charge is 0.467 e. The number of amides is 2. The van der Waals surface area contributed by atoms with Gasteiger partial charge in [0.25, 0.3) is 0 Å². The van der Waals surface area contributed by atoms with E-state index in [4.69, 9.17) is 4.74 Å². The van der Waals surface area contributed by atoms with Gasteiger partial charge in [0.2, 0.25) is 0 Å². The molecule has 2 heterocycles. The van der Waals surface area contributed by atoms with Crippen LogP contribution in [0.15, 0.2) is 42.5 Å². The lowest BCUT2D eigenvalue weighted by molar-refractivity contribution is 0.0378. The molecule has 6 heteroatoms. The molecule has 1 fully saturated rings. The Labute approximate surface area is 131 Å². The number of hydrogen-bond donors (Lipinski definition) is 1. The number of carbonyl (C=O) groups excluding carboxylic acids is 1. The van der Waals surface area contributed by atoms with Crippen LogP contribution in [0.1, 0.15) is 24.9 Å². The Bertz CT molecular complexity index is 811. The van der Waals surface area contributed by atoms with Crippen molar-refractivity contribution in [1.82, 2.24) is 5.32 Å². The first-order valence-electron chi connectivity index (χ1n) is 7.32. The minimum atomic E-state index is -1.00. The van der Waals surface area contributed by atoms with E-state index in [0.29, 0.717) is 12.2 Å². The van der Waals surface area contributed by atoms with E-state index in [1.807, 2.05) is 24.3 Å². The highest BCUT2D eigenvalue weighted by Crippen LogP contribution is 2.45. The molecule has 2 unspecified atom stereocenters. The fourth-order valence-corrected chi connectivity index (χ4v) is 3.34. The molecule has 0 aromatic heterocycles. The standard InChI is InChI=1S/C17H14F2N2O2/c1-17-9-14(11-4-2-3-5-15(11)23-17)20-16(22)21(17)10-6-7-12(18)13(19)8-10/h2-8,14H,9H2,1H3,(H,20,22).